The first-order valence-electron chi connectivity index (χ1n) is 7.52. The Morgan fingerprint density at radius 1 is 1.39 bits per heavy atom. The molecular formula is C15H22N4O4. The van der Waals surface area contributed by atoms with Crippen LogP contribution >= 0.6 is 0 Å². The van der Waals surface area contributed by atoms with E-state index in [1.165, 1.54) is 12.3 Å². The van der Waals surface area contributed by atoms with Gasteiger partial charge in [-0.25, -0.2) is 9.78 Å². The molecule has 126 valence electrons. The van der Waals surface area contributed by atoms with Crippen molar-refractivity contribution in [2.45, 2.75) is 39.3 Å². The molecule has 1 fully saturated rings. The summed E-state index contributed by atoms with van der Waals surface area (Å²) in [6, 6.07) is 3.04. The highest BCUT2D eigenvalue weighted by atomic mass is 16.6. The highest BCUT2D eigenvalue weighted by Crippen LogP contribution is 2.21. The molecule has 1 aromatic heterocycles. The van der Waals surface area contributed by atoms with Crippen molar-refractivity contribution in [3.8, 4) is 0 Å². The summed E-state index contributed by atoms with van der Waals surface area (Å²) in [5.41, 5.74) is -0.553. The molecule has 0 N–H and O–H groups in total. The molecule has 0 aromatic carbocycles. The fourth-order valence-corrected chi connectivity index (χ4v) is 2.43. The van der Waals surface area contributed by atoms with Crippen molar-refractivity contribution in [1.82, 2.24) is 9.88 Å². The molecule has 1 amide bonds. The molecule has 1 saturated heterocycles. The van der Waals surface area contributed by atoms with Crippen LogP contribution in [0.15, 0.2) is 18.3 Å². The van der Waals surface area contributed by atoms with Crippen LogP contribution in [0, 0.1) is 10.1 Å². The zero-order valence-electron chi connectivity index (χ0n) is 13.9. The number of piperazine rings is 1. The lowest BCUT2D eigenvalue weighted by atomic mass is 10.2. The monoisotopic (exact) mass is 322 g/mol. The number of pyridine rings is 1. The predicted octanol–water partition coefficient (Wildman–Crippen LogP) is 2.44. The molecule has 1 aromatic rings. The maximum absolute atomic E-state index is 12.2. The summed E-state index contributed by atoms with van der Waals surface area (Å²) in [5.74, 6) is 0.672. The third-order valence-electron chi connectivity index (χ3n) is 3.52. The average Bonchev–Trinajstić information content (AvgIpc) is 2.45. The lowest BCUT2D eigenvalue weighted by Crippen LogP contribution is -2.55. The largest absolute Gasteiger partial charge is 0.444 e. The Morgan fingerprint density at radius 2 is 2.09 bits per heavy atom. The second-order valence-corrected chi connectivity index (χ2v) is 6.60. The summed E-state index contributed by atoms with van der Waals surface area (Å²) in [6.07, 6.45) is 0.932. The minimum Gasteiger partial charge on any atom is -0.444 e. The van der Waals surface area contributed by atoms with E-state index in [2.05, 4.69) is 4.98 Å². The molecule has 0 bridgehead atoms. The zero-order valence-corrected chi connectivity index (χ0v) is 13.9. The van der Waals surface area contributed by atoms with Crippen molar-refractivity contribution in [1.29, 1.82) is 0 Å². The van der Waals surface area contributed by atoms with Gasteiger partial charge in [0.1, 0.15) is 17.6 Å². The van der Waals surface area contributed by atoms with Gasteiger partial charge in [-0.3, -0.25) is 10.1 Å². The number of anilines is 1. The topological polar surface area (TPSA) is 88.8 Å². The third-order valence-corrected chi connectivity index (χ3v) is 3.52. The molecule has 23 heavy (non-hydrogen) atoms. The van der Waals surface area contributed by atoms with E-state index in [0.29, 0.717) is 25.5 Å². The van der Waals surface area contributed by atoms with Crippen molar-refractivity contribution < 1.29 is 14.5 Å². The Kier molecular flexibility index (Phi) is 4.72. The molecular weight excluding hydrogens is 300 g/mol. The Balaban J connectivity index is 2.00. The molecule has 1 unspecified atom stereocenters. The van der Waals surface area contributed by atoms with Gasteiger partial charge >= 0.3 is 6.09 Å². The number of amides is 1. The molecule has 0 spiro atoms. The SMILES string of the molecule is CC1CN(c2ccc([N+](=O)[O-])cn2)CCN1C(=O)OC(C)(C)C. The highest BCUT2D eigenvalue weighted by molar-refractivity contribution is 5.69. The van der Waals surface area contributed by atoms with E-state index in [4.69, 9.17) is 4.74 Å². The van der Waals surface area contributed by atoms with Crippen LogP contribution < -0.4 is 4.90 Å². The highest BCUT2D eigenvalue weighted by Gasteiger charge is 2.31. The quantitative estimate of drug-likeness (QED) is 0.614. The second kappa shape index (κ2) is 6.39. The Labute approximate surface area is 135 Å². The van der Waals surface area contributed by atoms with Crippen LogP contribution in [0.2, 0.25) is 0 Å². The summed E-state index contributed by atoms with van der Waals surface area (Å²) < 4.78 is 5.41. The minimum atomic E-state index is -0.520. The van der Waals surface area contributed by atoms with E-state index in [1.54, 1.807) is 11.0 Å². The molecule has 0 radical (unpaired) electrons. The van der Waals surface area contributed by atoms with Crippen LogP contribution in [-0.4, -0.2) is 52.2 Å². The van der Waals surface area contributed by atoms with Gasteiger partial charge in [-0.05, 0) is 33.8 Å². The third kappa shape index (κ3) is 4.30. The zero-order chi connectivity index (χ0) is 17.2. The van der Waals surface area contributed by atoms with Crippen LogP contribution in [0.1, 0.15) is 27.7 Å². The van der Waals surface area contributed by atoms with E-state index < -0.39 is 10.5 Å². The molecule has 1 aliphatic heterocycles. The number of nitro groups is 1. The lowest BCUT2D eigenvalue weighted by molar-refractivity contribution is -0.385. The second-order valence-electron chi connectivity index (χ2n) is 6.60. The van der Waals surface area contributed by atoms with Gasteiger partial charge in [-0.2, -0.15) is 0 Å². The fourth-order valence-electron chi connectivity index (χ4n) is 2.43. The number of carbonyl (C=O) groups is 1. The van der Waals surface area contributed by atoms with Gasteiger partial charge in [0.25, 0.3) is 5.69 Å². The number of hydrogen-bond donors (Lipinski definition) is 0. The van der Waals surface area contributed by atoms with Gasteiger partial charge in [0.05, 0.1) is 4.92 Å². The summed E-state index contributed by atoms with van der Waals surface area (Å²) in [5, 5.41) is 10.7. The molecule has 0 aliphatic carbocycles. The minimum absolute atomic E-state index is 0.0319. The van der Waals surface area contributed by atoms with E-state index in [9.17, 15) is 14.9 Å². The van der Waals surface area contributed by atoms with Crippen molar-refractivity contribution in [2.75, 3.05) is 24.5 Å². The van der Waals surface area contributed by atoms with E-state index in [-0.39, 0.29) is 17.8 Å². The van der Waals surface area contributed by atoms with Gasteiger partial charge in [0, 0.05) is 31.7 Å². The number of hydrogen-bond acceptors (Lipinski definition) is 6. The Hall–Kier alpha value is -2.38. The summed E-state index contributed by atoms with van der Waals surface area (Å²) in [7, 11) is 0. The molecule has 1 aliphatic rings. The first-order valence-corrected chi connectivity index (χ1v) is 7.52. The Bertz CT molecular complexity index is 582. The van der Waals surface area contributed by atoms with E-state index in [0.717, 1.165) is 0 Å². The van der Waals surface area contributed by atoms with Gasteiger partial charge < -0.3 is 14.5 Å². The van der Waals surface area contributed by atoms with Gasteiger partial charge in [0.2, 0.25) is 0 Å². The number of aromatic nitrogens is 1. The Morgan fingerprint density at radius 3 is 2.57 bits per heavy atom. The number of carbonyl (C=O) groups excluding carboxylic acids is 1. The molecule has 8 nitrogen and oxygen atoms in total. The van der Waals surface area contributed by atoms with Crippen molar-refractivity contribution in [3.05, 3.63) is 28.4 Å². The van der Waals surface area contributed by atoms with E-state index >= 15 is 0 Å². The predicted molar refractivity (Wildman–Crippen MR) is 85.5 cm³/mol. The molecule has 1 atom stereocenters. The van der Waals surface area contributed by atoms with Crippen LogP contribution in [0.25, 0.3) is 0 Å². The number of ether oxygens (including phenoxy) is 1. The first-order chi connectivity index (χ1) is 10.7. The molecule has 2 heterocycles. The summed E-state index contributed by atoms with van der Waals surface area (Å²) in [4.78, 5) is 30.2. The maximum atomic E-state index is 12.2. The van der Waals surface area contributed by atoms with Crippen molar-refractivity contribution in [2.24, 2.45) is 0 Å². The van der Waals surface area contributed by atoms with Gasteiger partial charge in [-0.1, -0.05) is 0 Å². The summed E-state index contributed by atoms with van der Waals surface area (Å²) >= 11 is 0. The standard InChI is InChI=1S/C15H22N4O4/c1-11-10-17(13-6-5-12(9-16-13)19(21)22)7-8-18(11)14(20)23-15(2,3)4/h5-6,9,11H,7-8,10H2,1-4H3. The van der Waals surface area contributed by atoms with Crippen LogP contribution in [0.4, 0.5) is 16.3 Å². The summed E-state index contributed by atoms with van der Waals surface area (Å²) in [6.45, 7) is 9.19. The van der Waals surface area contributed by atoms with Crippen molar-refractivity contribution >= 4 is 17.6 Å². The number of rotatable bonds is 2. The smallest absolute Gasteiger partial charge is 0.410 e. The van der Waals surface area contributed by atoms with Crippen LogP contribution in [0.3, 0.4) is 0 Å². The van der Waals surface area contributed by atoms with Crippen LogP contribution in [-0.2, 0) is 4.74 Å². The average molecular weight is 322 g/mol. The normalized spacial score (nSPS) is 18.7. The fraction of sp³-hybridized carbons (Fsp3) is 0.600. The maximum Gasteiger partial charge on any atom is 0.410 e. The molecule has 2 rings (SSSR count). The number of nitrogens with zero attached hydrogens (tertiary/aromatic N) is 4. The van der Waals surface area contributed by atoms with Crippen molar-refractivity contribution in [3.63, 3.8) is 0 Å². The van der Waals surface area contributed by atoms with Gasteiger partial charge in [0.15, 0.2) is 0 Å². The molecule has 0 saturated carbocycles. The van der Waals surface area contributed by atoms with E-state index in [1.807, 2.05) is 32.6 Å². The lowest BCUT2D eigenvalue weighted by Gasteiger charge is -2.40. The first kappa shape index (κ1) is 17.0. The van der Waals surface area contributed by atoms with Gasteiger partial charge in [-0.15, -0.1) is 0 Å². The van der Waals surface area contributed by atoms with Crippen LogP contribution in [0.5, 0.6) is 0 Å². The molecule has 8 heteroatoms.